The Morgan fingerprint density at radius 1 is 0.822 bits per heavy atom. The Balaban J connectivity index is 2.50. The van der Waals surface area contributed by atoms with E-state index in [0.29, 0.717) is 13.0 Å². The molecule has 0 amide bonds. The third-order valence-corrected chi connectivity index (χ3v) is 18.4. The molecule has 0 aliphatic carbocycles. The van der Waals surface area contributed by atoms with Crippen molar-refractivity contribution in [1.29, 1.82) is 0 Å². The summed E-state index contributed by atoms with van der Waals surface area (Å²) in [5, 5.41) is 24.8. The van der Waals surface area contributed by atoms with Crippen molar-refractivity contribution in [2.75, 3.05) is 13.2 Å². The minimum Gasteiger partial charge on any atom is -0.461 e. The van der Waals surface area contributed by atoms with Gasteiger partial charge >= 0.3 is 5.97 Å². The average molecular weight is 657 g/mol. The first kappa shape index (κ1) is 39.1. The maximum atomic E-state index is 12.5. The summed E-state index contributed by atoms with van der Waals surface area (Å²) in [5.41, 5.74) is 0.145. The van der Waals surface area contributed by atoms with Crippen LogP contribution in [0.5, 0.6) is 0 Å². The molecule has 252 valence electrons. The summed E-state index contributed by atoms with van der Waals surface area (Å²) in [7, 11) is -5.01. The van der Waals surface area contributed by atoms with Gasteiger partial charge in [-0.25, -0.2) is 0 Å². The van der Waals surface area contributed by atoms with Gasteiger partial charge in [0.1, 0.15) is 6.61 Å². The highest BCUT2D eigenvalue weighted by Gasteiger charge is 2.52. The normalized spacial score (nSPS) is 15.8. The molecule has 3 atom stereocenters. The second-order valence-electron chi connectivity index (χ2n) is 15.9. The van der Waals surface area contributed by atoms with Crippen LogP contribution in [-0.4, -0.2) is 64.3 Å². The van der Waals surface area contributed by atoms with E-state index in [2.05, 4.69) is 78.9 Å². The van der Waals surface area contributed by atoms with E-state index >= 15 is 0 Å². The number of carbonyl (C=O) groups is 1. The molecule has 2 aromatic carbocycles. The zero-order valence-electron chi connectivity index (χ0n) is 29.9. The summed E-state index contributed by atoms with van der Waals surface area (Å²) in [6.07, 6.45) is -0.138. The Morgan fingerprint density at radius 3 is 1.73 bits per heavy atom. The number of hydrogen-bond donors (Lipinski definition) is 2. The minimum atomic E-state index is -3.05. The van der Waals surface area contributed by atoms with Gasteiger partial charge in [-0.05, 0) is 73.2 Å². The molecule has 0 spiro atoms. The van der Waals surface area contributed by atoms with Crippen molar-refractivity contribution < 1.29 is 28.6 Å². The van der Waals surface area contributed by atoms with Gasteiger partial charge in [-0.3, -0.25) is 4.79 Å². The van der Waals surface area contributed by atoms with E-state index < -0.39 is 40.4 Å². The van der Waals surface area contributed by atoms with Crippen LogP contribution < -0.4 is 10.4 Å². The number of benzene rings is 2. The van der Waals surface area contributed by atoms with Gasteiger partial charge in [-0.2, -0.15) is 0 Å². The predicted octanol–water partition coefficient (Wildman–Crippen LogP) is 6.99. The smallest absolute Gasteiger partial charge is 0.311 e. The van der Waals surface area contributed by atoms with E-state index in [1.807, 2.05) is 70.2 Å². The fourth-order valence-electron chi connectivity index (χ4n) is 5.04. The number of rotatable bonds is 14. The molecule has 45 heavy (non-hydrogen) atoms. The number of hydrogen-bond acceptors (Lipinski definition) is 6. The summed E-state index contributed by atoms with van der Waals surface area (Å²) in [6, 6.07) is 20.6. The molecular formula is C37H60O6Si2. The molecule has 0 saturated heterocycles. The molecule has 0 radical (unpaired) electrons. The second-order valence-corrected chi connectivity index (χ2v) is 25.0. The number of aliphatic hydroxyl groups excluding tert-OH is 2. The molecule has 2 aromatic rings. The van der Waals surface area contributed by atoms with Gasteiger partial charge in [0.15, 0.2) is 8.32 Å². The average Bonchev–Trinajstić information content (AvgIpc) is 2.92. The van der Waals surface area contributed by atoms with Crippen molar-refractivity contribution in [2.24, 2.45) is 5.41 Å². The van der Waals surface area contributed by atoms with E-state index in [1.54, 1.807) is 0 Å². The third-order valence-electron chi connectivity index (χ3n) is 8.83. The second kappa shape index (κ2) is 15.7. The van der Waals surface area contributed by atoms with Crippen molar-refractivity contribution in [1.82, 2.24) is 0 Å². The molecule has 2 N–H and O–H groups in total. The van der Waals surface area contributed by atoms with Gasteiger partial charge < -0.3 is 23.8 Å². The Labute approximate surface area is 275 Å². The lowest BCUT2D eigenvalue weighted by Gasteiger charge is -2.45. The van der Waals surface area contributed by atoms with Crippen LogP contribution >= 0.6 is 0 Å². The highest BCUT2D eigenvalue weighted by Crippen LogP contribution is 2.39. The van der Waals surface area contributed by atoms with Crippen LogP contribution in [0, 0.1) is 5.41 Å². The summed E-state index contributed by atoms with van der Waals surface area (Å²) >= 11 is 0. The molecule has 6 nitrogen and oxygen atoms in total. The lowest BCUT2D eigenvalue weighted by atomic mass is 9.97. The first-order valence-corrected chi connectivity index (χ1v) is 21.1. The number of esters is 1. The SMILES string of the molecule is C/C(=C\[C@@H](O[Si](c1ccccc1)(c1ccccc1)C(C)(C)C)[C@H](O)C[C@@H](O)CCO[Si](C)(C)C(C)(C)C)COC(=O)C(C)(C)C. The van der Waals surface area contributed by atoms with E-state index in [4.69, 9.17) is 13.6 Å². The van der Waals surface area contributed by atoms with E-state index in [-0.39, 0.29) is 29.1 Å². The van der Waals surface area contributed by atoms with Crippen LogP contribution in [0.15, 0.2) is 72.3 Å². The van der Waals surface area contributed by atoms with Crippen LogP contribution in [0.3, 0.4) is 0 Å². The zero-order chi connectivity index (χ0) is 34.3. The van der Waals surface area contributed by atoms with Gasteiger partial charge in [-0.15, -0.1) is 0 Å². The Kier molecular flexibility index (Phi) is 13.6. The minimum absolute atomic E-state index is 0.0744. The van der Waals surface area contributed by atoms with Crippen molar-refractivity contribution in [3.63, 3.8) is 0 Å². The number of ether oxygens (including phenoxy) is 1. The quantitative estimate of drug-likeness (QED) is 0.130. The molecule has 0 fully saturated rings. The van der Waals surface area contributed by atoms with Crippen LogP contribution in [-0.2, 0) is 18.4 Å². The first-order valence-electron chi connectivity index (χ1n) is 16.3. The fourth-order valence-corrected chi connectivity index (χ4v) is 10.8. The lowest BCUT2D eigenvalue weighted by molar-refractivity contribution is -0.151. The molecule has 0 aliphatic rings. The van der Waals surface area contributed by atoms with Crippen molar-refractivity contribution >= 4 is 33.0 Å². The fraction of sp³-hybridized carbons (Fsp3) is 0.595. The summed E-state index contributed by atoms with van der Waals surface area (Å²) in [6.45, 7) is 25.4. The van der Waals surface area contributed by atoms with Gasteiger partial charge in [0, 0.05) is 13.0 Å². The highest BCUT2D eigenvalue weighted by atomic mass is 28.4. The van der Waals surface area contributed by atoms with Gasteiger partial charge in [0.25, 0.3) is 8.32 Å². The molecule has 0 aliphatic heterocycles. The van der Waals surface area contributed by atoms with Crippen molar-refractivity contribution in [3.8, 4) is 0 Å². The molecule has 0 heterocycles. The maximum absolute atomic E-state index is 12.5. The van der Waals surface area contributed by atoms with E-state index in [1.165, 1.54) is 0 Å². The lowest BCUT2D eigenvalue weighted by Crippen LogP contribution is -2.68. The molecule has 0 aromatic heterocycles. The molecule has 0 unspecified atom stereocenters. The van der Waals surface area contributed by atoms with Crippen LogP contribution in [0.1, 0.15) is 82.1 Å². The van der Waals surface area contributed by atoms with Gasteiger partial charge in [0.05, 0.1) is 23.7 Å². The zero-order valence-corrected chi connectivity index (χ0v) is 31.9. The van der Waals surface area contributed by atoms with Crippen molar-refractivity contribution in [3.05, 3.63) is 72.3 Å². The maximum Gasteiger partial charge on any atom is 0.311 e. The molecular weight excluding hydrogens is 597 g/mol. The van der Waals surface area contributed by atoms with E-state index in [9.17, 15) is 15.0 Å². The van der Waals surface area contributed by atoms with Crippen LogP contribution in [0.4, 0.5) is 0 Å². The van der Waals surface area contributed by atoms with E-state index in [0.717, 1.165) is 15.9 Å². The molecule has 0 saturated carbocycles. The van der Waals surface area contributed by atoms with Crippen LogP contribution in [0.25, 0.3) is 0 Å². The predicted molar refractivity (Wildman–Crippen MR) is 191 cm³/mol. The summed E-state index contributed by atoms with van der Waals surface area (Å²) < 4.78 is 19.2. The summed E-state index contributed by atoms with van der Waals surface area (Å²) in [4.78, 5) is 12.5. The standard InChI is InChI=1S/C37H60O6Si2/c1-28(27-41-34(40)35(2,3)4)25-33(32(39)26-29(38)23-24-42-44(11,12)36(5,6)7)43-45(37(8,9)10,30-19-15-13-16-20-30)31-21-17-14-18-22-31/h13-22,25,29,32-33,38-39H,23-24,26-27H2,1-12H3/b28-25+/t29-,32+,33+/m0/s1. The van der Waals surface area contributed by atoms with Crippen LogP contribution in [0.2, 0.25) is 23.2 Å². The Morgan fingerprint density at radius 2 is 1.31 bits per heavy atom. The topological polar surface area (TPSA) is 85.2 Å². The highest BCUT2D eigenvalue weighted by molar-refractivity contribution is 6.99. The number of carbonyl (C=O) groups excluding carboxylic acids is 1. The number of aliphatic hydroxyl groups is 2. The van der Waals surface area contributed by atoms with Gasteiger partial charge in [-0.1, -0.05) is 108 Å². The van der Waals surface area contributed by atoms with Crippen molar-refractivity contribution in [2.45, 2.75) is 124 Å². The molecule has 0 bridgehead atoms. The largest absolute Gasteiger partial charge is 0.461 e. The Bertz CT molecular complexity index is 1180. The Hall–Kier alpha value is -2.08. The van der Waals surface area contributed by atoms with Gasteiger partial charge in [0.2, 0.25) is 0 Å². The third kappa shape index (κ3) is 10.7. The molecule has 2 rings (SSSR count). The first-order chi connectivity index (χ1) is 20.6. The summed E-state index contributed by atoms with van der Waals surface area (Å²) in [5.74, 6) is -0.294. The molecule has 8 heteroatoms. The monoisotopic (exact) mass is 656 g/mol.